The van der Waals surface area contributed by atoms with Crippen molar-refractivity contribution in [3.8, 4) is 5.75 Å². The molecule has 0 amide bonds. The minimum absolute atomic E-state index is 0.0329. The highest BCUT2D eigenvalue weighted by atomic mass is 32.2. The number of hydrogen-bond acceptors (Lipinski definition) is 10. The van der Waals surface area contributed by atoms with Gasteiger partial charge in [-0.3, -0.25) is 4.99 Å². The van der Waals surface area contributed by atoms with E-state index in [1.807, 2.05) is 6.92 Å². The summed E-state index contributed by atoms with van der Waals surface area (Å²) in [5, 5.41) is 3.38. The number of pyridine rings is 2. The number of methoxy groups -OCH3 is 1. The Kier molecular flexibility index (Phi) is 6.37. The van der Waals surface area contributed by atoms with Crippen molar-refractivity contribution in [1.29, 1.82) is 0 Å². The molecule has 0 saturated heterocycles. The topological polar surface area (TPSA) is 121 Å². The zero-order valence-corrected chi connectivity index (χ0v) is 22.6. The molecule has 3 N–H and O–H groups in total. The van der Waals surface area contributed by atoms with Crippen molar-refractivity contribution < 1.29 is 27.1 Å². The van der Waals surface area contributed by atoms with Crippen LogP contribution in [0, 0.1) is 29.3 Å². The van der Waals surface area contributed by atoms with Gasteiger partial charge in [-0.1, -0.05) is 18.7 Å². The van der Waals surface area contributed by atoms with Gasteiger partial charge in [0, 0.05) is 35.7 Å². The van der Waals surface area contributed by atoms with Crippen LogP contribution in [-0.4, -0.2) is 38.6 Å². The maximum absolute atomic E-state index is 15.4. The number of fused-ring (bicyclic) bond motifs is 2. The van der Waals surface area contributed by atoms with Gasteiger partial charge in [-0.25, -0.2) is 28.1 Å². The first-order chi connectivity index (χ1) is 19.2. The number of benzene rings is 1. The molecule has 9 nitrogen and oxygen atoms in total. The molecule has 0 radical (unpaired) electrons. The maximum atomic E-state index is 15.4. The summed E-state index contributed by atoms with van der Waals surface area (Å²) in [6.07, 6.45) is 5.32. The standard InChI is InChI=1S/C27H25F3N6O3S/c1-13-23-26(2,36-25(31)40-27(13,23)12-37-3)17-6-14(7-18(28)21(17)30)35-24-22-16(19(29)10-34-24)8-15(9-33-22)39-11-20-32-4-5-38-20/h4-10,13,23H,11-12H2,1-3H3,(H2,31,36)(H,34,35)/t13-,23?,26+,27-/m0/s1. The van der Waals surface area contributed by atoms with E-state index in [-0.39, 0.29) is 62.1 Å². The molecule has 2 aliphatic rings. The average molecular weight is 571 g/mol. The Morgan fingerprint density at radius 1 is 1.12 bits per heavy atom. The molecule has 40 heavy (non-hydrogen) atoms. The normalized spacial score (nSPS) is 25.4. The van der Waals surface area contributed by atoms with Crippen molar-refractivity contribution >= 4 is 39.3 Å². The summed E-state index contributed by atoms with van der Waals surface area (Å²) in [4.78, 5) is 17.0. The number of aromatic nitrogens is 3. The average Bonchev–Trinajstić information content (AvgIpc) is 3.24. The molecule has 1 unspecified atom stereocenters. The van der Waals surface area contributed by atoms with Gasteiger partial charge in [0.05, 0.1) is 35.5 Å². The van der Waals surface area contributed by atoms with Gasteiger partial charge in [0.15, 0.2) is 35.0 Å². The first kappa shape index (κ1) is 26.4. The van der Waals surface area contributed by atoms with Crippen LogP contribution in [0.5, 0.6) is 5.75 Å². The van der Waals surface area contributed by atoms with Gasteiger partial charge in [0.2, 0.25) is 5.89 Å². The van der Waals surface area contributed by atoms with Gasteiger partial charge >= 0.3 is 0 Å². The van der Waals surface area contributed by atoms with Gasteiger partial charge in [-0.2, -0.15) is 0 Å². The van der Waals surface area contributed by atoms with E-state index in [4.69, 9.17) is 19.6 Å². The first-order valence-electron chi connectivity index (χ1n) is 12.4. The van der Waals surface area contributed by atoms with E-state index in [2.05, 4.69) is 25.3 Å². The van der Waals surface area contributed by atoms with Gasteiger partial charge in [-0.05, 0) is 25.0 Å². The molecule has 0 bridgehead atoms. The molecule has 208 valence electrons. The lowest BCUT2D eigenvalue weighted by atomic mass is 9.84. The number of nitrogens with one attached hydrogen (secondary N) is 1. The Labute approximate surface area is 231 Å². The Hall–Kier alpha value is -3.84. The van der Waals surface area contributed by atoms with Crippen LogP contribution in [0.2, 0.25) is 0 Å². The Bertz CT molecular complexity index is 1640. The summed E-state index contributed by atoms with van der Waals surface area (Å²) in [5.41, 5.74) is 5.46. The second-order valence-electron chi connectivity index (χ2n) is 10.0. The number of nitrogens with two attached hydrogens (primary N) is 1. The maximum Gasteiger partial charge on any atom is 0.232 e. The smallest absolute Gasteiger partial charge is 0.232 e. The highest BCUT2D eigenvalue weighted by molar-refractivity contribution is 8.15. The molecule has 4 atom stereocenters. The van der Waals surface area contributed by atoms with E-state index in [1.54, 1.807) is 14.0 Å². The predicted molar refractivity (Wildman–Crippen MR) is 144 cm³/mol. The van der Waals surface area contributed by atoms with Crippen molar-refractivity contribution in [2.24, 2.45) is 22.6 Å². The zero-order valence-electron chi connectivity index (χ0n) is 21.7. The number of oxazole rings is 1. The third-order valence-electron chi connectivity index (χ3n) is 7.63. The molecule has 1 aliphatic heterocycles. The van der Waals surface area contributed by atoms with Gasteiger partial charge < -0.3 is 24.9 Å². The lowest BCUT2D eigenvalue weighted by molar-refractivity contribution is 0.183. The lowest BCUT2D eigenvalue weighted by Crippen LogP contribution is -2.37. The summed E-state index contributed by atoms with van der Waals surface area (Å²) in [6, 6.07) is 3.96. The molecule has 0 spiro atoms. The van der Waals surface area contributed by atoms with Crippen molar-refractivity contribution in [2.45, 2.75) is 30.7 Å². The molecule has 1 saturated carbocycles. The van der Waals surface area contributed by atoms with Crippen LogP contribution in [0.25, 0.3) is 10.9 Å². The Morgan fingerprint density at radius 2 is 1.95 bits per heavy atom. The summed E-state index contributed by atoms with van der Waals surface area (Å²) >= 11 is 1.41. The van der Waals surface area contributed by atoms with Crippen molar-refractivity contribution in [2.75, 3.05) is 19.0 Å². The first-order valence-corrected chi connectivity index (χ1v) is 13.2. The molecule has 1 aliphatic carbocycles. The predicted octanol–water partition coefficient (Wildman–Crippen LogP) is 5.29. The summed E-state index contributed by atoms with van der Waals surface area (Å²) in [6.45, 7) is 4.22. The summed E-state index contributed by atoms with van der Waals surface area (Å²) in [7, 11) is 1.60. The number of aliphatic imine (C=N–C) groups is 1. The number of amidine groups is 1. The largest absolute Gasteiger partial charge is 0.482 e. The van der Waals surface area contributed by atoms with Gasteiger partial charge in [-0.15, -0.1) is 0 Å². The van der Waals surface area contributed by atoms with E-state index >= 15 is 8.78 Å². The zero-order chi connectivity index (χ0) is 28.2. The van der Waals surface area contributed by atoms with Crippen molar-refractivity contribution in [3.05, 3.63) is 72.0 Å². The number of hydrogen-bond donors (Lipinski definition) is 2. The van der Waals surface area contributed by atoms with E-state index in [0.29, 0.717) is 12.5 Å². The van der Waals surface area contributed by atoms with E-state index in [0.717, 1.165) is 12.3 Å². The number of ether oxygens (including phenoxy) is 2. The van der Waals surface area contributed by atoms with Crippen LogP contribution >= 0.6 is 11.8 Å². The minimum atomic E-state index is -1.14. The molecule has 1 aromatic carbocycles. The summed E-state index contributed by atoms with van der Waals surface area (Å²) in [5.74, 6) is -1.97. The number of thioether (sulfide) groups is 1. The molecular formula is C27H25F3N6O3S. The molecule has 13 heteroatoms. The van der Waals surface area contributed by atoms with E-state index < -0.39 is 23.0 Å². The second kappa shape index (κ2) is 9.66. The fourth-order valence-electron chi connectivity index (χ4n) is 5.81. The Balaban J connectivity index is 1.35. The molecule has 4 aromatic rings. The van der Waals surface area contributed by atoms with Crippen LogP contribution < -0.4 is 15.8 Å². The fourth-order valence-corrected chi connectivity index (χ4v) is 7.43. The molecule has 6 rings (SSSR count). The van der Waals surface area contributed by atoms with Crippen molar-refractivity contribution in [3.63, 3.8) is 0 Å². The van der Waals surface area contributed by atoms with Crippen LogP contribution in [0.1, 0.15) is 25.3 Å². The highest BCUT2D eigenvalue weighted by Gasteiger charge is 2.72. The Morgan fingerprint density at radius 3 is 2.70 bits per heavy atom. The monoisotopic (exact) mass is 570 g/mol. The highest BCUT2D eigenvalue weighted by Crippen LogP contribution is 2.69. The van der Waals surface area contributed by atoms with E-state index in [1.165, 1.54) is 42.6 Å². The number of nitrogens with zero attached hydrogens (tertiary/aromatic N) is 4. The van der Waals surface area contributed by atoms with Crippen molar-refractivity contribution in [1.82, 2.24) is 15.0 Å². The van der Waals surface area contributed by atoms with Crippen LogP contribution in [-0.2, 0) is 16.9 Å². The molecule has 1 fully saturated rings. The SMILES string of the molecule is COC[C@@]12SC(N)=N[C@](C)(c3cc(Nc4ncc(F)c5cc(OCc6ncco6)cnc45)cc(F)c3F)C1[C@@H]2C. The van der Waals surface area contributed by atoms with Gasteiger partial charge in [0.25, 0.3) is 0 Å². The third kappa shape index (κ3) is 4.24. The van der Waals surface area contributed by atoms with Crippen LogP contribution in [0.4, 0.5) is 24.7 Å². The molecule has 3 aromatic heterocycles. The van der Waals surface area contributed by atoms with Gasteiger partial charge in [0.1, 0.15) is 17.5 Å². The van der Waals surface area contributed by atoms with E-state index in [9.17, 15) is 4.39 Å². The third-order valence-corrected chi connectivity index (χ3v) is 9.06. The fraction of sp³-hybridized carbons (Fsp3) is 0.333. The second-order valence-corrected chi connectivity index (χ2v) is 11.4. The van der Waals surface area contributed by atoms with Crippen LogP contribution in [0.3, 0.4) is 0 Å². The van der Waals surface area contributed by atoms with Crippen LogP contribution in [0.15, 0.2) is 52.5 Å². The molecule has 4 heterocycles. The lowest BCUT2D eigenvalue weighted by Gasteiger charge is -2.34. The number of anilines is 2. The minimum Gasteiger partial charge on any atom is -0.482 e. The molecular weight excluding hydrogens is 545 g/mol. The summed E-state index contributed by atoms with van der Waals surface area (Å²) < 4.78 is 60.9. The quantitative estimate of drug-likeness (QED) is 0.291. The number of halogens is 3. The number of rotatable bonds is 8.